The third kappa shape index (κ3) is 1.95. The predicted molar refractivity (Wildman–Crippen MR) is 89.2 cm³/mol. The molecule has 0 fully saturated rings. The zero-order chi connectivity index (χ0) is 18.6. The van der Waals surface area contributed by atoms with E-state index in [0.29, 0.717) is 10.9 Å². The lowest BCUT2D eigenvalue weighted by molar-refractivity contribution is 0.0595. The molecule has 0 saturated heterocycles. The largest absolute Gasteiger partial charge is 0.464 e. The van der Waals surface area contributed by atoms with Crippen molar-refractivity contribution < 1.29 is 19.1 Å². The number of H-pyrrole nitrogens is 1. The van der Waals surface area contributed by atoms with E-state index in [-0.39, 0.29) is 28.3 Å². The molecular weight excluding hydrogens is 342 g/mol. The van der Waals surface area contributed by atoms with Crippen LogP contribution < -0.4 is 16.6 Å². The van der Waals surface area contributed by atoms with Crippen LogP contribution in [0.5, 0.6) is 0 Å². The Bertz CT molecular complexity index is 1190. The molecule has 1 aliphatic heterocycles. The molecule has 0 unspecified atom stereocenters. The van der Waals surface area contributed by atoms with Crippen LogP contribution in [-0.2, 0) is 4.74 Å². The second-order valence-electron chi connectivity index (χ2n) is 5.54. The highest BCUT2D eigenvalue weighted by atomic mass is 16.5. The van der Waals surface area contributed by atoms with E-state index < -0.39 is 23.3 Å². The Balaban J connectivity index is 2.10. The number of anilines is 1. The quantitative estimate of drug-likeness (QED) is 0.432. The molecule has 0 saturated carbocycles. The van der Waals surface area contributed by atoms with E-state index >= 15 is 0 Å². The number of carbonyl (C=O) groups is 3. The lowest BCUT2D eigenvalue weighted by atomic mass is 10.1. The minimum Gasteiger partial charge on any atom is -0.464 e. The zero-order valence-electron chi connectivity index (χ0n) is 13.3. The summed E-state index contributed by atoms with van der Waals surface area (Å²) in [6, 6.07) is 5.86. The fourth-order valence-electron chi connectivity index (χ4n) is 3.01. The van der Waals surface area contributed by atoms with Crippen molar-refractivity contribution in [3.63, 3.8) is 0 Å². The van der Waals surface area contributed by atoms with Gasteiger partial charge in [0, 0.05) is 6.07 Å². The molecule has 130 valence electrons. The molecule has 10 heteroatoms. The Morgan fingerprint density at radius 2 is 2.00 bits per heavy atom. The van der Waals surface area contributed by atoms with Gasteiger partial charge in [-0.25, -0.2) is 4.79 Å². The first-order valence-corrected chi connectivity index (χ1v) is 7.41. The normalized spacial score (nSPS) is 13.0. The Morgan fingerprint density at radius 3 is 2.73 bits per heavy atom. The summed E-state index contributed by atoms with van der Waals surface area (Å²) in [7, 11) is 1.21. The summed E-state index contributed by atoms with van der Waals surface area (Å²) in [6.45, 7) is 0. The number of aromatic amines is 1. The van der Waals surface area contributed by atoms with E-state index in [1.807, 2.05) is 0 Å². The van der Waals surface area contributed by atoms with Gasteiger partial charge in [0.15, 0.2) is 5.69 Å². The van der Waals surface area contributed by atoms with Crippen molar-refractivity contribution in [2.24, 2.45) is 0 Å². The molecule has 0 aliphatic carbocycles. The Morgan fingerprint density at radius 1 is 1.23 bits per heavy atom. The van der Waals surface area contributed by atoms with Crippen molar-refractivity contribution >= 4 is 34.5 Å². The number of aromatic nitrogens is 3. The van der Waals surface area contributed by atoms with Crippen LogP contribution in [0.3, 0.4) is 0 Å². The van der Waals surface area contributed by atoms with E-state index in [4.69, 9.17) is 10.5 Å². The van der Waals surface area contributed by atoms with Crippen LogP contribution in [0.15, 0.2) is 29.1 Å². The minimum absolute atomic E-state index is 0.0366. The highest BCUT2D eigenvalue weighted by molar-refractivity contribution is 6.23. The van der Waals surface area contributed by atoms with Gasteiger partial charge in [0.2, 0.25) is 0 Å². The molecule has 4 rings (SSSR count). The van der Waals surface area contributed by atoms with Gasteiger partial charge >= 0.3 is 5.97 Å². The number of hydrogen-bond donors (Lipinski definition) is 3. The lowest BCUT2D eigenvalue weighted by Gasteiger charge is -2.13. The van der Waals surface area contributed by atoms with Crippen LogP contribution in [0, 0.1) is 0 Å². The first-order chi connectivity index (χ1) is 12.4. The zero-order valence-corrected chi connectivity index (χ0v) is 13.3. The van der Waals surface area contributed by atoms with Gasteiger partial charge in [-0.1, -0.05) is 6.07 Å². The lowest BCUT2D eigenvalue weighted by Crippen LogP contribution is -2.24. The number of pyridine rings is 1. The number of carbonyl (C=O) groups excluding carboxylic acids is 3. The van der Waals surface area contributed by atoms with Gasteiger partial charge in [0.1, 0.15) is 5.82 Å². The highest BCUT2D eigenvalue weighted by Gasteiger charge is 2.32. The van der Waals surface area contributed by atoms with Gasteiger partial charge in [-0.2, -0.15) is 5.10 Å². The maximum atomic E-state index is 12.6. The second kappa shape index (κ2) is 5.28. The van der Waals surface area contributed by atoms with E-state index in [1.54, 1.807) is 18.2 Å². The molecule has 3 aromatic rings. The molecule has 3 heterocycles. The summed E-state index contributed by atoms with van der Waals surface area (Å²) in [5, 5.41) is 9.00. The van der Waals surface area contributed by atoms with Crippen LogP contribution in [0.1, 0.15) is 31.2 Å². The Labute approximate surface area is 144 Å². The van der Waals surface area contributed by atoms with Gasteiger partial charge in [-0.15, -0.1) is 0 Å². The maximum absolute atomic E-state index is 12.6. The number of nitrogen functional groups attached to an aromatic ring is 1. The molecule has 4 N–H and O–H groups in total. The summed E-state index contributed by atoms with van der Waals surface area (Å²) in [6.07, 6.45) is 0. The van der Waals surface area contributed by atoms with Gasteiger partial charge in [-0.3, -0.25) is 29.4 Å². The number of nitrogens with two attached hydrogens (primary N) is 1. The van der Waals surface area contributed by atoms with E-state index in [0.717, 1.165) is 10.6 Å². The molecule has 0 bridgehead atoms. The summed E-state index contributed by atoms with van der Waals surface area (Å²) < 4.78 is 5.77. The van der Waals surface area contributed by atoms with Gasteiger partial charge in [0.25, 0.3) is 17.4 Å². The molecule has 1 aliphatic rings. The van der Waals surface area contributed by atoms with Crippen LogP contribution in [-0.4, -0.2) is 39.7 Å². The van der Waals surface area contributed by atoms with Gasteiger partial charge < -0.3 is 10.5 Å². The van der Waals surface area contributed by atoms with Crippen molar-refractivity contribution in [2.45, 2.75) is 0 Å². The average molecular weight is 353 g/mol. The maximum Gasteiger partial charge on any atom is 0.359 e. The predicted octanol–water partition coefficient (Wildman–Crippen LogP) is -0.0338. The number of nitrogens with one attached hydrogen (secondary N) is 2. The van der Waals surface area contributed by atoms with Crippen molar-refractivity contribution in [1.29, 1.82) is 0 Å². The smallest absolute Gasteiger partial charge is 0.359 e. The topological polar surface area (TPSA) is 149 Å². The van der Waals surface area contributed by atoms with Crippen molar-refractivity contribution in [1.82, 2.24) is 20.1 Å². The first-order valence-electron chi connectivity index (χ1n) is 7.41. The minimum atomic E-state index is -0.704. The number of ether oxygens (including phenoxy) is 1. The number of hydrogen-bond acceptors (Lipinski definition) is 7. The number of esters is 1. The Kier molecular flexibility index (Phi) is 3.16. The van der Waals surface area contributed by atoms with E-state index in [2.05, 4.69) is 15.5 Å². The van der Waals surface area contributed by atoms with Crippen LogP contribution in [0.4, 0.5) is 5.82 Å². The average Bonchev–Trinajstić information content (AvgIpc) is 3.16. The Hall–Kier alpha value is -3.95. The summed E-state index contributed by atoms with van der Waals surface area (Å²) >= 11 is 0. The molecule has 1 aromatic carbocycles. The first kappa shape index (κ1) is 15.6. The standard InChI is InChI=1S/C16H11N5O5/c1-26-16(25)12-11-7(19-20-12)3-2-4-8(11)21-9(22)5-6-10(13(21)17)15(24)18-14(6)23/h2-5H,17H2,1H3,(H,19,20)(H,18,23,24). The van der Waals surface area contributed by atoms with Crippen molar-refractivity contribution in [3.8, 4) is 5.69 Å². The number of amides is 2. The second-order valence-corrected chi connectivity index (χ2v) is 5.54. The highest BCUT2D eigenvalue weighted by Crippen LogP contribution is 2.28. The molecule has 2 aromatic heterocycles. The summed E-state index contributed by atoms with van der Waals surface area (Å²) in [4.78, 5) is 48.4. The molecule has 0 spiro atoms. The fraction of sp³-hybridized carbons (Fsp3) is 0.0625. The number of rotatable bonds is 2. The molecule has 0 atom stereocenters. The van der Waals surface area contributed by atoms with Gasteiger partial charge in [-0.05, 0) is 12.1 Å². The van der Waals surface area contributed by atoms with E-state index in [9.17, 15) is 19.2 Å². The SMILES string of the molecule is COC(=O)c1n[nH]c2cccc(-n3c(N)c4c(cc3=O)C(=O)NC4=O)c12. The third-order valence-electron chi connectivity index (χ3n) is 4.14. The number of nitrogens with zero attached hydrogens (tertiary/aromatic N) is 2. The van der Waals surface area contributed by atoms with Crippen LogP contribution in [0.2, 0.25) is 0 Å². The number of methoxy groups -OCH3 is 1. The molecule has 0 radical (unpaired) electrons. The number of imide groups is 1. The molecular formula is C16H11N5O5. The number of benzene rings is 1. The van der Waals surface area contributed by atoms with Crippen LogP contribution in [0.25, 0.3) is 16.6 Å². The third-order valence-corrected chi connectivity index (χ3v) is 4.14. The summed E-state index contributed by atoms with van der Waals surface area (Å²) in [5.74, 6) is -2.29. The van der Waals surface area contributed by atoms with Crippen molar-refractivity contribution in [2.75, 3.05) is 12.8 Å². The summed E-state index contributed by atoms with van der Waals surface area (Å²) in [5.41, 5.74) is 5.90. The van der Waals surface area contributed by atoms with Crippen molar-refractivity contribution in [3.05, 3.63) is 51.4 Å². The fourth-order valence-corrected chi connectivity index (χ4v) is 3.01. The monoisotopic (exact) mass is 353 g/mol. The van der Waals surface area contributed by atoms with E-state index in [1.165, 1.54) is 7.11 Å². The van der Waals surface area contributed by atoms with Gasteiger partial charge in [0.05, 0.1) is 34.8 Å². The molecule has 26 heavy (non-hydrogen) atoms. The van der Waals surface area contributed by atoms with Crippen LogP contribution >= 0.6 is 0 Å². The molecule has 10 nitrogen and oxygen atoms in total. The molecule has 2 amide bonds. The number of fused-ring (bicyclic) bond motifs is 2.